The molecule has 0 amide bonds. The van der Waals surface area contributed by atoms with E-state index >= 15 is 0 Å². The Bertz CT molecular complexity index is 531. The highest BCUT2D eigenvalue weighted by molar-refractivity contribution is 5.33. The van der Waals surface area contributed by atoms with E-state index in [0.717, 1.165) is 12.2 Å². The van der Waals surface area contributed by atoms with Gasteiger partial charge in [-0.2, -0.15) is 0 Å². The number of hydrogen-bond donors (Lipinski definition) is 1. The molecular weight excluding hydrogens is 248 g/mol. The second-order valence-corrected chi connectivity index (χ2v) is 5.02. The molecule has 20 heavy (non-hydrogen) atoms. The van der Waals surface area contributed by atoms with Crippen molar-refractivity contribution in [1.29, 1.82) is 0 Å². The number of ether oxygens (including phenoxy) is 1. The Morgan fingerprint density at radius 2 is 1.75 bits per heavy atom. The Morgan fingerprint density at radius 1 is 1.05 bits per heavy atom. The predicted octanol–water partition coefficient (Wildman–Crippen LogP) is 3.71. The SMILES string of the molecule is CCOc1ccc(CC(CO)c2ccccc2C)cc1. The second-order valence-electron chi connectivity index (χ2n) is 5.02. The average molecular weight is 270 g/mol. The summed E-state index contributed by atoms with van der Waals surface area (Å²) in [6, 6.07) is 16.4. The van der Waals surface area contributed by atoms with E-state index in [1.807, 2.05) is 31.2 Å². The van der Waals surface area contributed by atoms with Crippen molar-refractivity contribution in [2.75, 3.05) is 13.2 Å². The molecule has 1 N–H and O–H groups in total. The Hall–Kier alpha value is -1.80. The van der Waals surface area contributed by atoms with Crippen LogP contribution in [0.4, 0.5) is 0 Å². The molecule has 0 saturated carbocycles. The van der Waals surface area contributed by atoms with Gasteiger partial charge in [0.05, 0.1) is 13.2 Å². The lowest BCUT2D eigenvalue weighted by Crippen LogP contribution is -2.09. The zero-order valence-corrected chi connectivity index (χ0v) is 12.2. The second kappa shape index (κ2) is 7.11. The molecule has 0 aliphatic rings. The van der Waals surface area contributed by atoms with Gasteiger partial charge in [-0.3, -0.25) is 0 Å². The van der Waals surface area contributed by atoms with Crippen molar-refractivity contribution in [3.63, 3.8) is 0 Å². The lowest BCUT2D eigenvalue weighted by atomic mass is 9.90. The molecule has 0 saturated heterocycles. The minimum absolute atomic E-state index is 0.147. The summed E-state index contributed by atoms with van der Waals surface area (Å²) in [6.07, 6.45) is 0.841. The molecular formula is C18H22O2. The highest BCUT2D eigenvalue weighted by atomic mass is 16.5. The number of aliphatic hydroxyl groups is 1. The van der Waals surface area contributed by atoms with Crippen molar-refractivity contribution in [3.05, 3.63) is 65.2 Å². The maximum absolute atomic E-state index is 9.68. The van der Waals surface area contributed by atoms with Crippen molar-refractivity contribution in [2.45, 2.75) is 26.2 Å². The van der Waals surface area contributed by atoms with Crippen LogP contribution in [-0.2, 0) is 6.42 Å². The third-order valence-electron chi connectivity index (χ3n) is 3.57. The van der Waals surface area contributed by atoms with Crippen molar-refractivity contribution >= 4 is 0 Å². The van der Waals surface area contributed by atoms with E-state index in [1.54, 1.807) is 0 Å². The molecule has 2 nitrogen and oxygen atoms in total. The zero-order valence-electron chi connectivity index (χ0n) is 12.2. The first-order valence-electron chi connectivity index (χ1n) is 7.12. The molecule has 0 heterocycles. The lowest BCUT2D eigenvalue weighted by Gasteiger charge is -2.17. The molecule has 0 spiro atoms. The van der Waals surface area contributed by atoms with E-state index in [-0.39, 0.29) is 12.5 Å². The third-order valence-corrected chi connectivity index (χ3v) is 3.57. The van der Waals surface area contributed by atoms with Gasteiger partial charge in [-0.05, 0) is 49.1 Å². The topological polar surface area (TPSA) is 29.5 Å². The molecule has 2 aromatic rings. The quantitative estimate of drug-likeness (QED) is 0.867. The minimum Gasteiger partial charge on any atom is -0.494 e. The van der Waals surface area contributed by atoms with Crippen LogP contribution in [0.1, 0.15) is 29.5 Å². The van der Waals surface area contributed by atoms with Crippen LogP contribution in [0.25, 0.3) is 0 Å². The maximum atomic E-state index is 9.68. The fourth-order valence-electron chi connectivity index (χ4n) is 2.49. The van der Waals surface area contributed by atoms with E-state index in [9.17, 15) is 5.11 Å². The van der Waals surface area contributed by atoms with Gasteiger partial charge in [0.15, 0.2) is 0 Å². The standard InChI is InChI=1S/C18H22O2/c1-3-20-17-10-8-15(9-11-17)12-16(13-19)18-7-5-4-6-14(18)2/h4-11,16,19H,3,12-13H2,1-2H3. The first kappa shape index (κ1) is 14.6. The van der Waals surface area contributed by atoms with E-state index in [1.165, 1.54) is 16.7 Å². The molecule has 0 bridgehead atoms. The molecule has 0 aliphatic carbocycles. The van der Waals surface area contributed by atoms with Gasteiger partial charge in [-0.1, -0.05) is 36.4 Å². The fraction of sp³-hybridized carbons (Fsp3) is 0.333. The number of hydrogen-bond acceptors (Lipinski definition) is 2. The lowest BCUT2D eigenvalue weighted by molar-refractivity contribution is 0.264. The van der Waals surface area contributed by atoms with E-state index in [2.05, 4.69) is 31.2 Å². The zero-order chi connectivity index (χ0) is 14.4. The molecule has 0 radical (unpaired) electrons. The van der Waals surface area contributed by atoms with Crippen molar-refractivity contribution in [1.82, 2.24) is 0 Å². The van der Waals surface area contributed by atoms with Crippen LogP contribution >= 0.6 is 0 Å². The summed E-state index contributed by atoms with van der Waals surface area (Å²) in [7, 11) is 0. The van der Waals surface area contributed by atoms with Gasteiger partial charge in [0.25, 0.3) is 0 Å². The third kappa shape index (κ3) is 3.61. The van der Waals surface area contributed by atoms with Gasteiger partial charge < -0.3 is 9.84 Å². The highest BCUT2D eigenvalue weighted by Gasteiger charge is 2.13. The number of benzene rings is 2. The Balaban J connectivity index is 2.12. The Morgan fingerprint density at radius 3 is 2.35 bits per heavy atom. The monoisotopic (exact) mass is 270 g/mol. The summed E-state index contributed by atoms with van der Waals surface area (Å²) in [5.74, 6) is 1.04. The first-order chi connectivity index (χ1) is 9.74. The molecule has 0 fully saturated rings. The summed E-state index contributed by atoms with van der Waals surface area (Å²) in [4.78, 5) is 0. The van der Waals surface area contributed by atoms with Crippen molar-refractivity contribution < 1.29 is 9.84 Å². The van der Waals surface area contributed by atoms with E-state index in [0.29, 0.717) is 6.61 Å². The Labute approximate surface area is 121 Å². The van der Waals surface area contributed by atoms with Gasteiger partial charge in [-0.25, -0.2) is 0 Å². The van der Waals surface area contributed by atoms with Crippen molar-refractivity contribution in [2.24, 2.45) is 0 Å². The minimum atomic E-state index is 0.147. The molecule has 0 aliphatic heterocycles. The summed E-state index contributed by atoms with van der Waals surface area (Å²) >= 11 is 0. The molecule has 2 aromatic carbocycles. The summed E-state index contributed by atoms with van der Waals surface area (Å²) in [5, 5.41) is 9.68. The van der Waals surface area contributed by atoms with Crippen LogP contribution in [0.15, 0.2) is 48.5 Å². The van der Waals surface area contributed by atoms with Crippen LogP contribution in [0, 0.1) is 6.92 Å². The Kier molecular flexibility index (Phi) is 5.19. The van der Waals surface area contributed by atoms with Gasteiger partial charge in [0, 0.05) is 5.92 Å². The maximum Gasteiger partial charge on any atom is 0.119 e. The van der Waals surface area contributed by atoms with Crippen LogP contribution in [-0.4, -0.2) is 18.3 Å². The van der Waals surface area contributed by atoms with E-state index in [4.69, 9.17) is 4.74 Å². The smallest absolute Gasteiger partial charge is 0.119 e. The number of aryl methyl sites for hydroxylation is 1. The molecule has 106 valence electrons. The average Bonchev–Trinajstić information content (AvgIpc) is 2.48. The van der Waals surface area contributed by atoms with Crippen LogP contribution in [0.2, 0.25) is 0 Å². The molecule has 1 atom stereocenters. The van der Waals surface area contributed by atoms with Crippen LogP contribution < -0.4 is 4.74 Å². The summed E-state index contributed by atoms with van der Waals surface area (Å²) in [5.41, 5.74) is 3.68. The normalized spacial score (nSPS) is 12.2. The highest BCUT2D eigenvalue weighted by Crippen LogP contribution is 2.24. The van der Waals surface area contributed by atoms with Gasteiger partial charge in [0.1, 0.15) is 5.75 Å². The molecule has 0 aromatic heterocycles. The number of aliphatic hydroxyl groups excluding tert-OH is 1. The largest absolute Gasteiger partial charge is 0.494 e. The van der Waals surface area contributed by atoms with Crippen LogP contribution in [0.5, 0.6) is 5.75 Å². The van der Waals surface area contributed by atoms with Gasteiger partial charge >= 0.3 is 0 Å². The molecule has 2 rings (SSSR count). The predicted molar refractivity (Wildman–Crippen MR) is 82.3 cm³/mol. The summed E-state index contributed by atoms with van der Waals surface area (Å²) < 4.78 is 5.45. The van der Waals surface area contributed by atoms with E-state index < -0.39 is 0 Å². The summed E-state index contributed by atoms with van der Waals surface area (Å²) in [6.45, 7) is 4.92. The number of rotatable bonds is 6. The fourth-order valence-corrected chi connectivity index (χ4v) is 2.49. The first-order valence-corrected chi connectivity index (χ1v) is 7.12. The van der Waals surface area contributed by atoms with Gasteiger partial charge in [0.2, 0.25) is 0 Å². The molecule has 1 unspecified atom stereocenters. The van der Waals surface area contributed by atoms with Gasteiger partial charge in [-0.15, -0.1) is 0 Å². The van der Waals surface area contributed by atoms with Crippen molar-refractivity contribution in [3.8, 4) is 5.75 Å². The molecule has 2 heteroatoms. The van der Waals surface area contributed by atoms with Crippen LogP contribution in [0.3, 0.4) is 0 Å².